The van der Waals surface area contributed by atoms with Crippen molar-refractivity contribution in [2.24, 2.45) is 0 Å². The Morgan fingerprint density at radius 3 is 1.50 bits per heavy atom. The Morgan fingerprint density at radius 2 is 1.03 bits per heavy atom. The molecule has 0 fully saturated rings. The van der Waals surface area contributed by atoms with Crippen molar-refractivity contribution in [1.82, 2.24) is 0 Å². The van der Waals surface area contributed by atoms with E-state index in [9.17, 15) is 4.79 Å². The highest BCUT2D eigenvalue weighted by Gasteiger charge is 2.36. The van der Waals surface area contributed by atoms with E-state index < -0.39 is 8.32 Å². The lowest BCUT2D eigenvalue weighted by molar-refractivity contribution is -0.145. The second-order valence-corrected chi connectivity index (χ2v) is 15.0. The molecule has 0 amide bonds. The van der Waals surface area contributed by atoms with Gasteiger partial charge in [0.15, 0.2) is 8.32 Å². The van der Waals surface area contributed by atoms with Crippen molar-refractivity contribution < 1.29 is 32.9 Å². The number of hydrogen-bond acceptors (Lipinski definition) is 7. The van der Waals surface area contributed by atoms with Crippen LogP contribution in [0.1, 0.15) is 79.1 Å². The molecule has 0 spiro atoms. The van der Waals surface area contributed by atoms with Gasteiger partial charge in [-0.3, -0.25) is 4.79 Å². The molecule has 0 saturated carbocycles. The van der Waals surface area contributed by atoms with Crippen molar-refractivity contribution in [3.05, 3.63) is 0 Å². The predicted molar refractivity (Wildman–Crippen MR) is 140 cm³/mol. The molecule has 204 valence electrons. The molecule has 7 nitrogen and oxygen atoms in total. The Morgan fingerprint density at radius 1 is 0.618 bits per heavy atom. The van der Waals surface area contributed by atoms with E-state index in [1.165, 1.54) is 32.1 Å². The smallest absolute Gasteiger partial charge is 0.305 e. The summed E-state index contributed by atoms with van der Waals surface area (Å²) in [5.74, 6) is -0.127. The van der Waals surface area contributed by atoms with E-state index in [2.05, 4.69) is 40.8 Å². The van der Waals surface area contributed by atoms with E-state index >= 15 is 0 Å². The Hall–Kier alpha value is -0.513. The number of esters is 1. The average Bonchev–Trinajstić information content (AvgIpc) is 2.77. The summed E-state index contributed by atoms with van der Waals surface area (Å²) < 4.78 is 33.2. The normalized spacial score (nSPS) is 12.3. The summed E-state index contributed by atoms with van der Waals surface area (Å²) in [7, 11) is -1.69. The molecule has 0 saturated heterocycles. The van der Waals surface area contributed by atoms with E-state index in [0.717, 1.165) is 12.8 Å². The van der Waals surface area contributed by atoms with Crippen LogP contribution in [0.4, 0.5) is 0 Å². The van der Waals surface area contributed by atoms with E-state index in [1.807, 2.05) is 0 Å². The Labute approximate surface area is 210 Å². The zero-order valence-electron chi connectivity index (χ0n) is 23.1. The number of carbonyl (C=O) groups excluding carboxylic acids is 1. The molecule has 0 atom stereocenters. The molecule has 0 aliphatic rings. The summed E-state index contributed by atoms with van der Waals surface area (Å²) in [6, 6.07) is 0. The van der Waals surface area contributed by atoms with Crippen LogP contribution in [0.25, 0.3) is 0 Å². The van der Waals surface area contributed by atoms with Gasteiger partial charge in [-0.1, -0.05) is 66.2 Å². The highest BCUT2D eigenvalue weighted by atomic mass is 28.4. The van der Waals surface area contributed by atoms with Gasteiger partial charge in [0.1, 0.15) is 6.61 Å². The molecular formula is C26H54O7Si. The zero-order chi connectivity index (χ0) is 25.5. The summed E-state index contributed by atoms with van der Waals surface area (Å²) in [5, 5.41) is 0.223. The van der Waals surface area contributed by atoms with Gasteiger partial charge in [0.25, 0.3) is 0 Å². The number of ether oxygens (including phenoxy) is 5. The van der Waals surface area contributed by atoms with Crippen molar-refractivity contribution in [3.63, 3.8) is 0 Å². The van der Waals surface area contributed by atoms with Gasteiger partial charge < -0.3 is 28.1 Å². The van der Waals surface area contributed by atoms with Crippen molar-refractivity contribution in [2.45, 2.75) is 97.2 Å². The maximum Gasteiger partial charge on any atom is 0.305 e. The average molecular weight is 507 g/mol. The van der Waals surface area contributed by atoms with E-state index in [-0.39, 0.29) is 11.0 Å². The largest absolute Gasteiger partial charge is 0.463 e. The van der Waals surface area contributed by atoms with Gasteiger partial charge in [-0.2, -0.15) is 0 Å². The standard InChI is InChI=1S/C26H54O7Si/c1-7-8-9-10-11-12-13-14-25(27)32-23-21-30-19-17-28-15-16-29-18-20-31-22-24-33-34(5,6)26(2,3)4/h7-24H2,1-6H3. The lowest BCUT2D eigenvalue weighted by atomic mass is 10.1. The molecule has 0 aromatic rings. The molecule has 0 aromatic heterocycles. The topological polar surface area (TPSA) is 72.5 Å². The van der Waals surface area contributed by atoms with Crippen molar-refractivity contribution in [3.8, 4) is 0 Å². The first-order valence-corrected chi connectivity index (χ1v) is 16.2. The summed E-state index contributed by atoms with van der Waals surface area (Å²) in [6.07, 6.45) is 8.89. The van der Waals surface area contributed by atoms with Gasteiger partial charge in [-0.15, -0.1) is 0 Å². The monoisotopic (exact) mass is 506 g/mol. The highest BCUT2D eigenvalue weighted by molar-refractivity contribution is 6.74. The molecule has 0 aliphatic carbocycles. The fourth-order valence-electron chi connectivity index (χ4n) is 2.85. The lowest BCUT2D eigenvalue weighted by Crippen LogP contribution is -2.41. The van der Waals surface area contributed by atoms with Crippen molar-refractivity contribution >= 4 is 14.3 Å². The highest BCUT2D eigenvalue weighted by Crippen LogP contribution is 2.36. The summed E-state index contributed by atoms with van der Waals surface area (Å²) in [5.41, 5.74) is 0. The minimum Gasteiger partial charge on any atom is -0.463 e. The minimum atomic E-state index is -1.69. The molecule has 0 aromatic carbocycles. The van der Waals surface area contributed by atoms with Crippen molar-refractivity contribution in [2.75, 3.05) is 66.1 Å². The third-order valence-corrected chi connectivity index (χ3v) is 10.6. The molecular weight excluding hydrogens is 452 g/mol. The Kier molecular flexibility index (Phi) is 21.4. The van der Waals surface area contributed by atoms with Crippen LogP contribution in [0.15, 0.2) is 0 Å². The van der Waals surface area contributed by atoms with Gasteiger partial charge in [0.2, 0.25) is 0 Å². The predicted octanol–water partition coefficient (Wildman–Crippen LogP) is 5.76. The van der Waals surface area contributed by atoms with Gasteiger partial charge in [-0.25, -0.2) is 0 Å². The first-order valence-electron chi connectivity index (χ1n) is 13.3. The van der Waals surface area contributed by atoms with Crippen LogP contribution in [-0.4, -0.2) is 80.4 Å². The quantitative estimate of drug-likeness (QED) is 0.0936. The molecule has 0 rings (SSSR count). The number of hydrogen-bond donors (Lipinski definition) is 0. The minimum absolute atomic E-state index is 0.127. The maximum absolute atomic E-state index is 11.7. The van der Waals surface area contributed by atoms with Crippen molar-refractivity contribution in [1.29, 1.82) is 0 Å². The molecule has 0 heterocycles. The molecule has 8 heteroatoms. The SMILES string of the molecule is CCCCCCCCCC(=O)OCCOCCOCCOCCOCCO[Si](C)(C)C(C)(C)C. The molecule has 0 N–H and O–H groups in total. The van der Waals surface area contributed by atoms with Gasteiger partial charge >= 0.3 is 5.97 Å². The second kappa shape index (κ2) is 21.7. The molecule has 0 bridgehead atoms. The molecule has 34 heavy (non-hydrogen) atoms. The first kappa shape index (κ1) is 33.5. The summed E-state index contributed by atoms with van der Waals surface area (Å²) in [4.78, 5) is 11.7. The first-order chi connectivity index (χ1) is 16.2. The van der Waals surface area contributed by atoms with E-state index in [0.29, 0.717) is 72.5 Å². The Bertz CT molecular complexity index is 467. The second-order valence-electron chi connectivity index (χ2n) is 10.2. The summed E-state index contributed by atoms with van der Waals surface area (Å²) in [6.45, 7) is 18.5. The Balaban J connectivity index is 3.26. The van der Waals surface area contributed by atoms with E-state index in [4.69, 9.17) is 28.1 Å². The molecule has 0 radical (unpaired) electrons. The van der Waals surface area contributed by atoms with Gasteiger partial charge in [0, 0.05) is 6.42 Å². The fraction of sp³-hybridized carbons (Fsp3) is 0.962. The number of unbranched alkanes of at least 4 members (excludes halogenated alkanes) is 6. The number of rotatable bonds is 24. The van der Waals surface area contributed by atoms with E-state index in [1.54, 1.807) is 0 Å². The zero-order valence-corrected chi connectivity index (χ0v) is 24.1. The lowest BCUT2D eigenvalue weighted by Gasteiger charge is -2.36. The number of carbonyl (C=O) groups is 1. The van der Waals surface area contributed by atoms with Crippen LogP contribution in [0, 0.1) is 0 Å². The van der Waals surface area contributed by atoms with Crippen LogP contribution >= 0.6 is 0 Å². The fourth-order valence-corrected chi connectivity index (χ4v) is 3.87. The molecule has 0 unspecified atom stereocenters. The maximum atomic E-state index is 11.7. The molecule has 0 aliphatic heterocycles. The van der Waals surface area contributed by atoms with Crippen LogP contribution in [0.2, 0.25) is 18.1 Å². The van der Waals surface area contributed by atoms with Crippen LogP contribution < -0.4 is 0 Å². The van der Waals surface area contributed by atoms with Crippen LogP contribution in [0.3, 0.4) is 0 Å². The van der Waals surface area contributed by atoms with Crippen LogP contribution in [0.5, 0.6) is 0 Å². The van der Waals surface area contributed by atoms with Gasteiger partial charge in [-0.05, 0) is 24.6 Å². The van der Waals surface area contributed by atoms with Gasteiger partial charge in [0.05, 0.1) is 59.5 Å². The van der Waals surface area contributed by atoms with Crippen LogP contribution in [-0.2, 0) is 32.9 Å². The third kappa shape index (κ3) is 20.8. The summed E-state index contributed by atoms with van der Waals surface area (Å²) >= 11 is 0. The third-order valence-electron chi connectivity index (χ3n) is 6.09.